The molecule has 0 aromatic carbocycles. The molecule has 5 nitrogen and oxygen atoms in total. The van der Waals surface area contributed by atoms with Crippen LogP contribution in [0.15, 0.2) is 6.20 Å². The van der Waals surface area contributed by atoms with E-state index in [1.807, 2.05) is 0 Å². The Hall–Kier alpha value is -1.65. The van der Waals surface area contributed by atoms with E-state index >= 15 is 0 Å². The van der Waals surface area contributed by atoms with E-state index in [0.717, 1.165) is 18.7 Å². The van der Waals surface area contributed by atoms with Crippen LogP contribution in [-0.4, -0.2) is 28.5 Å². The maximum atomic E-state index is 12.4. The van der Waals surface area contributed by atoms with Crippen LogP contribution in [0.3, 0.4) is 0 Å². The number of rotatable bonds is 5. The van der Waals surface area contributed by atoms with Crippen molar-refractivity contribution < 1.29 is 4.79 Å². The Balaban J connectivity index is 2.24. The molecule has 1 aromatic rings. The second-order valence-electron chi connectivity index (χ2n) is 7.58. The van der Waals surface area contributed by atoms with Crippen LogP contribution in [-0.2, 0) is 5.41 Å². The average molecular weight is 304 g/mol. The van der Waals surface area contributed by atoms with Gasteiger partial charge in [0.2, 0.25) is 0 Å². The van der Waals surface area contributed by atoms with Gasteiger partial charge in [-0.1, -0.05) is 34.6 Å². The lowest BCUT2D eigenvalue weighted by molar-refractivity contribution is 0.0949. The zero-order valence-electron chi connectivity index (χ0n) is 14.4. The van der Waals surface area contributed by atoms with Crippen LogP contribution >= 0.6 is 0 Å². The van der Waals surface area contributed by atoms with Gasteiger partial charge < -0.3 is 10.6 Å². The van der Waals surface area contributed by atoms with Crippen LogP contribution in [0.4, 0.5) is 5.82 Å². The Labute approximate surface area is 133 Å². The van der Waals surface area contributed by atoms with Crippen molar-refractivity contribution in [2.24, 2.45) is 5.92 Å². The highest BCUT2D eigenvalue weighted by Gasteiger charge is 2.24. The quantitative estimate of drug-likeness (QED) is 0.877. The van der Waals surface area contributed by atoms with E-state index < -0.39 is 0 Å². The number of carbonyl (C=O) groups is 1. The normalized spacial score (nSPS) is 15.5. The zero-order chi connectivity index (χ0) is 16.3. The maximum absolute atomic E-state index is 12.4. The Morgan fingerprint density at radius 1 is 1.36 bits per heavy atom. The van der Waals surface area contributed by atoms with Crippen LogP contribution in [0.5, 0.6) is 0 Å². The fourth-order valence-corrected chi connectivity index (χ4v) is 2.16. The smallest absolute Gasteiger partial charge is 0.256 e. The van der Waals surface area contributed by atoms with Gasteiger partial charge in [-0.05, 0) is 25.2 Å². The number of hydrogen-bond acceptors (Lipinski definition) is 4. The summed E-state index contributed by atoms with van der Waals surface area (Å²) in [4.78, 5) is 21.4. The number of amides is 1. The third kappa shape index (κ3) is 4.18. The molecule has 0 bridgehead atoms. The summed E-state index contributed by atoms with van der Waals surface area (Å²) in [7, 11) is 0. The molecule has 2 rings (SSSR count). The summed E-state index contributed by atoms with van der Waals surface area (Å²) >= 11 is 0. The number of hydrogen-bond donors (Lipinski definition) is 2. The minimum Gasteiger partial charge on any atom is -0.367 e. The number of aromatic nitrogens is 2. The fourth-order valence-electron chi connectivity index (χ4n) is 2.16. The number of nitrogens with one attached hydrogen (secondary N) is 2. The highest BCUT2D eigenvalue weighted by molar-refractivity contribution is 5.98. The number of nitrogens with zero attached hydrogens (tertiary/aromatic N) is 2. The highest BCUT2D eigenvalue weighted by Crippen LogP contribution is 2.26. The molecule has 5 heteroatoms. The van der Waals surface area contributed by atoms with Crippen molar-refractivity contribution in [1.29, 1.82) is 0 Å². The zero-order valence-corrected chi connectivity index (χ0v) is 14.4. The van der Waals surface area contributed by atoms with Gasteiger partial charge >= 0.3 is 0 Å². The summed E-state index contributed by atoms with van der Waals surface area (Å²) in [5.41, 5.74) is 0.406. The molecule has 0 unspecified atom stereocenters. The largest absolute Gasteiger partial charge is 0.367 e. The first-order valence-corrected chi connectivity index (χ1v) is 8.19. The van der Waals surface area contributed by atoms with Gasteiger partial charge in [0.1, 0.15) is 17.2 Å². The second kappa shape index (κ2) is 6.63. The van der Waals surface area contributed by atoms with Crippen LogP contribution in [0.2, 0.25) is 0 Å². The van der Waals surface area contributed by atoms with Gasteiger partial charge in [0.15, 0.2) is 0 Å². The van der Waals surface area contributed by atoms with Crippen molar-refractivity contribution in [3.63, 3.8) is 0 Å². The molecular formula is C17H28N4O. The monoisotopic (exact) mass is 304 g/mol. The third-order valence-corrected chi connectivity index (χ3v) is 3.82. The van der Waals surface area contributed by atoms with Crippen molar-refractivity contribution in [3.8, 4) is 0 Å². The van der Waals surface area contributed by atoms with Crippen LogP contribution in [0.25, 0.3) is 0 Å². The van der Waals surface area contributed by atoms with E-state index in [9.17, 15) is 4.79 Å². The molecule has 1 saturated carbocycles. The molecule has 22 heavy (non-hydrogen) atoms. The molecule has 2 N–H and O–H groups in total. The van der Waals surface area contributed by atoms with Crippen molar-refractivity contribution in [3.05, 3.63) is 17.6 Å². The third-order valence-electron chi connectivity index (χ3n) is 3.82. The van der Waals surface area contributed by atoms with Gasteiger partial charge in [0, 0.05) is 24.2 Å². The second-order valence-corrected chi connectivity index (χ2v) is 7.58. The summed E-state index contributed by atoms with van der Waals surface area (Å²) in [5.74, 6) is 1.75. The lowest BCUT2D eigenvalue weighted by Gasteiger charge is -2.28. The van der Waals surface area contributed by atoms with Crippen LogP contribution < -0.4 is 10.6 Å². The van der Waals surface area contributed by atoms with E-state index in [-0.39, 0.29) is 11.3 Å². The standard InChI is InChI=1S/C17H28N4O/c1-11(2)9-18-15(22)13-10-19-16(17(3,4)5)21-14(13)20-12-7-6-8-12/h10-12H,6-9H2,1-5H3,(H,18,22)(H,19,20,21). The Morgan fingerprint density at radius 2 is 2.05 bits per heavy atom. The average Bonchev–Trinajstić information content (AvgIpc) is 2.39. The van der Waals surface area contributed by atoms with E-state index in [0.29, 0.717) is 29.9 Å². The van der Waals surface area contributed by atoms with Crippen molar-refractivity contribution in [2.45, 2.75) is 65.3 Å². The van der Waals surface area contributed by atoms with E-state index in [1.54, 1.807) is 6.20 Å². The van der Waals surface area contributed by atoms with E-state index in [2.05, 4.69) is 55.2 Å². The topological polar surface area (TPSA) is 66.9 Å². The first kappa shape index (κ1) is 16.7. The Morgan fingerprint density at radius 3 is 2.55 bits per heavy atom. The van der Waals surface area contributed by atoms with Crippen LogP contribution in [0.1, 0.15) is 70.1 Å². The van der Waals surface area contributed by atoms with E-state index in [4.69, 9.17) is 0 Å². The fraction of sp³-hybridized carbons (Fsp3) is 0.706. The molecule has 1 fully saturated rings. The summed E-state index contributed by atoms with van der Waals surface area (Å²) in [6, 6.07) is 0.430. The minimum absolute atomic E-state index is 0.101. The summed E-state index contributed by atoms with van der Waals surface area (Å²) < 4.78 is 0. The van der Waals surface area contributed by atoms with Gasteiger partial charge in [-0.15, -0.1) is 0 Å². The summed E-state index contributed by atoms with van der Waals surface area (Å²) in [6.07, 6.45) is 5.18. The first-order valence-electron chi connectivity index (χ1n) is 8.19. The number of anilines is 1. The predicted octanol–water partition coefficient (Wildman–Crippen LogP) is 3.12. The Bertz CT molecular complexity index is 530. The lowest BCUT2D eigenvalue weighted by Crippen LogP contribution is -2.32. The predicted molar refractivity (Wildman–Crippen MR) is 89.2 cm³/mol. The highest BCUT2D eigenvalue weighted by atomic mass is 16.1. The molecule has 0 spiro atoms. The van der Waals surface area contributed by atoms with Gasteiger partial charge in [-0.3, -0.25) is 4.79 Å². The molecule has 0 radical (unpaired) electrons. The molecule has 122 valence electrons. The van der Waals surface area contributed by atoms with Gasteiger partial charge in [0.05, 0.1) is 0 Å². The van der Waals surface area contributed by atoms with E-state index in [1.165, 1.54) is 6.42 Å². The summed E-state index contributed by atoms with van der Waals surface area (Å²) in [5, 5.41) is 6.36. The molecule has 1 aliphatic carbocycles. The molecule has 1 aliphatic rings. The molecule has 1 heterocycles. The van der Waals surface area contributed by atoms with Crippen molar-refractivity contribution in [2.75, 3.05) is 11.9 Å². The van der Waals surface area contributed by atoms with Crippen molar-refractivity contribution in [1.82, 2.24) is 15.3 Å². The summed E-state index contributed by atoms with van der Waals surface area (Å²) in [6.45, 7) is 11.0. The molecular weight excluding hydrogens is 276 g/mol. The SMILES string of the molecule is CC(C)CNC(=O)c1cnc(C(C)(C)C)nc1NC1CCC1. The molecule has 1 amide bonds. The molecule has 0 aliphatic heterocycles. The van der Waals surface area contributed by atoms with Gasteiger partial charge in [0.25, 0.3) is 5.91 Å². The minimum atomic E-state index is -0.136. The maximum Gasteiger partial charge on any atom is 0.256 e. The first-order chi connectivity index (χ1) is 10.3. The number of carbonyl (C=O) groups excluding carboxylic acids is 1. The molecule has 0 atom stereocenters. The van der Waals surface area contributed by atoms with Crippen molar-refractivity contribution >= 4 is 11.7 Å². The van der Waals surface area contributed by atoms with Crippen LogP contribution in [0, 0.1) is 5.92 Å². The van der Waals surface area contributed by atoms with Gasteiger partial charge in [-0.25, -0.2) is 9.97 Å². The lowest BCUT2D eigenvalue weighted by atomic mass is 9.93. The Kier molecular flexibility index (Phi) is 5.04. The molecule has 1 aromatic heterocycles. The van der Waals surface area contributed by atoms with Gasteiger partial charge in [-0.2, -0.15) is 0 Å². The molecule has 0 saturated heterocycles.